The van der Waals surface area contributed by atoms with Gasteiger partial charge >= 0.3 is 6.03 Å². The summed E-state index contributed by atoms with van der Waals surface area (Å²) in [6, 6.07) is 13.2. The second-order valence-corrected chi connectivity index (χ2v) is 5.64. The molecule has 0 bridgehead atoms. The third-order valence-corrected chi connectivity index (χ3v) is 3.52. The van der Waals surface area contributed by atoms with Gasteiger partial charge < -0.3 is 10.2 Å². The molecule has 2 rings (SSSR count). The van der Waals surface area contributed by atoms with Gasteiger partial charge in [-0.1, -0.05) is 34.1 Å². The Labute approximate surface area is 136 Å². The third kappa shape index (κ3) is 4.29. The number of amides is 2. The molecule has 0 fully saturated rings. The van der Waals surface area contributed by atoms with Crippen molar-refractivity contribution in [3.8, 4) is 0 Å². The average Bonchev–Trinajstić information content (AvgIpc) is 2.49. The van der Waals surface area contributed by atoms with Crippen LogP contribution in [0.2, 0.25) is 0 Å². The number of anilines is 1. The van der Waals surface area contributed by atoms with Gasteiger partial charge in [0, 0.05) is 35.9 Å². The van der Waals surface area contributed by atoms with E-state index < -0.39 is 4.92 Å². The summed E-state index contributed by atoms with van der Waals surface area (Å²) in [6.07, 6.45) is 0. The molecular formula is C15H14BrN3O3. The Kier molecular flexibility index (Phi) is 5.11. The van der Waals surface area contributed by atoms with Crippen LogP contribution in [-0.4, -0.2) is 22.9 Å². The molecule has 0 atom stereocenters. The molecule has 0 aromatic heterocycles. The van der Waals surface area contributed by atoms with Gasteiger partial charge in [0.05, 0.1) is 4.92 Å². The number of hydrogen-bond acceptors (Lipinski definition) is 3. The first kappa shape index (κ1) is 16.0. The number of nitro groups is 1. The van der Waals surface area contributed by atoms with E-state index in [4.69, 9.17) is 0 Å². The Hall–Kier alpha value is -2.41. The molecule has 0 aliphatic carbocycles. The number of nitrogens with one attached hydrogen (secondary N) is 1. The Balaban J connectivity index is 2.00. The second kappa shape index (κ2) is 7.04. The number of benzene rings is 2. The Morgan fingerprint density at radius 3 is 2.59 bits per heavy atom. The summed E-state index contributed by atoms with van der Waals surface area (Å²) in [5, 5.41) is 13.4. The summed E-state index contributed by atoms with van der Waals surface area (Å²) in [4.78, 5) is 23.8. The largest absolute Gasteiger partial charge is 0.323 e. The predicted molar refractivity (Wildman–Crippen MR) is 87.7 cm³/mol. The van der Waals surface area contributed by atoms with E-state index in [-0.39, 0.29) is 11.7 Å². The maximum atomic E-state index is 12.1. The zero-order valence-corrected chi connectivity index (χ0v) is 13.4. The fourth-order valence-electron chi connectivity index (χ4n) is 1.85. The summed E-state index contributed by atoms with van der Waals surface area (Å²) in [7, 11) is 1.66. The predicted octanol–water partition coefficient (Wildman–Crippen LogP) is 4.02. The molecule has 7 heteroatoms. The van der Waals surface area contributed by atoms with Crippen LogP contribution in [0.25, 0.3) is 0 Å². The van der Waals surface area contributed by atoms with Gasteiger partial charge in [0.2, 0.25) is 0 Å². The van der Waals surface area contributed by atoms with E-state index in [1.807, 2.05) is 24.3 Å². The minimum Gasteiger partial charge on any atom is -0.323 e. The van der Waals surface area contributed by atoms with Crippen LogP contribution in [0.5, 0.6) is 0 Å². The first-order valence-corrected chi connectivity index (χ1v) is 7.26. The molecule has 0 aliphatic rings. The van der Waals surface area contributed by atoms with E-state index in [1.54, 1.807) is 13.1 Å². The quantitative estimate of drug-likeness (QED) is 0.658. The number of non-ortho nitro benzene ring substituents is 1. The van der Waals surface area contributed by atoms with E-state index >= 15 is 0 Å². The average molecular weight is 364 g/mol. The van der Waals surface area contributed by atoms with Crippen LogP contribution in [-0.2, 0) is 6.54 Å². The Bertz CT molecular complexity index is 689. The second-order valence-electron chi connectivity index (χ2n) is 4.72. The number of urea groups is 1. The molecule has 0 radical (unpaired) electrons. The number of halogens is 1. The lowest BCUT2D eigenvalue weighted by molar-refractivity contribution is -0.384. The van der Waals surface area contributed by atoms with Crippen molar-refractivity contribution in [3.05, 3.63) is 68.7 Å². The van der Waals surface area contributed by atoms with E-state index in [2.05, 4.69) is 21.2 Å². The van der Waals surface area contributed by atoms with Crippen LogP contribution < -0.4 is 5.32 Å². The van der Waals surface area contributed by atoms with Gasteiger partial charge in [0.1, 0.15) is 0 Å². The number of carbonyl (C=O) groups excluding carboxylic acids is 1. The van der Waals surface area contributed by atoms with Gasteiger partial charge in [-0.25, -0.2) is 4.79 Å². The fourth-order valence-corrected chi connectivity index (χ4v) is 2.12. The monoisotopic (exact) mass is 363 g/mol. The van der Waals surface area contributed by atoms with Crippen LogP contribution in [0.15, 0.2) is 53.0 Å². The molecule has 0 aliphatic heterocycles. The molecule has 2 aromatic rings. The van der Waals surface area contributed by atoms with Crippen LogP contribution in [0.1, 0.15) is 5.56 Å². The van der Waals surface area contributed by atoms with Gasteiger partial charge in [0.25, 0.3) is 5.69 Å². The van der Waals surface area contributed by atoms with E-state index in [9.17, 15) is 14.9 Å². The van der Waals surface area contributed by atoms with E-state index in [0.29, 0.717) is 12.2 Å². The number of nitro benzene ring substituents is 1. The lowest BCUT2D eigenvalue weighted by atomic mass is 10.2. The summed E-state index contributed by atoms with van der Waals surface area (Å²) in [6.45, 7) is 0.439. The highest BCUT2D eigenvalue weighted by atomic mass is 79.9. The highest BCUT2D eigenvalue weighted by molar-refractivity contribution is 9.10. The SMILES string of the molecule is CN(Cc1ccc(Br)cc1)C(=O)Nc1cccc([N+](=O)[O-])c1. The maximum absolute atomic E-state index is 12.1. The topological polar surface area (TPSA) is 75.5 Å². The molecule has 0 saturated carbocycles. The van der Waals surface area contributed by atoms with Crippen molar-refractivity contribution in [1.82, 2.24) is 4.90 Å². The molecule has 22 heavy (non-hydrogen) atoms. The van der Waals surface area contributed by atoms with Gasteiger partial charge in [-0.2, -0.15) is 0 Å². The summed E-state index contributed by atoms with van der Waals surface area (Å²) >= 11 is 3.36. The van der Waals surface area contributed by atoms with Gasteiger partial charge in [-0.05, 0) is 23.8 Å². The zero-order chi connectivity index (χ0) is 16.1. The van der Waals surface area contributed by atoms with E-state index in [1.165, 1.54) is 23.1 Å². The van der Waals surface area contributed by atoms with Crippen molar-refractivity contribution in [1.29, 1.82) is 0 Å². The fraction of sp³-hybridized carbons (Fsp3) is 0.133. The van der Waals surface area contributed by atoms with Crippen molar-refractivity contribution >= 4 is 33.3 Å². The van der Waals surface area contributed by atoms with Gasteiger partial charge in [-0.15, -0.1) is 0 Å². The first-order valence-electron chi connectivity index (χ1n) is 6.47. The highest BCUT2D eigenvalue weighted by Gasteiger charge is 2.11. The third-order valence-electron chi connectivity index (χ3n) is 2.99. The number of rotatable bonds is 4. The first-order chi connectivity index (χ1) is 10.5. The van der Waals surface area contributed by atoms with Crippen LogP contribution in [0.4, 0.5) is 16.2 Å². The Morgan fingerprint density at radius 1 is 1.27 bits per heavy atom. The molecule has 0 heterocycles. The lowest BCUT2D eigenvalue weighted by Gasteiger charge is -2.18. The smallest absolute Gasteiger partial charge is 0.321 e. The van der Waals surface area contributed by atoms with Crippen LogP contribution in [0, 0.1) is 10.1 Å². The zero-order valence-electron chi connectivity index (χ0n) is 11.8. The number of carbonyl (C=O) groups is 1. The molecular weight excluding hydrogens is 350 g/mol. The van der Waals surface area contributed by atoms with Crippen molar-refractivity contribution in [2.24, 2.45) is 0 Å². The molecule has 2 amide bonds. The molecule has 6 nitrogen and oxygen atoms in total. The van der Waals surface area contributed by atoms with Crippen LogP contribution >= 0.6 is 15.9 Å². The summed E-state index contributed by atoms with van der Waals surface area (Å²) in [5.41, 5.74) is 1.31. The highest BCUT2D eigenvalue weighted by Crippen LogP contribution is 2.18. The maximum Gasteiger partial charge on any atom is 0.321 e. The molecule has 2 aromatic carbocycles. The van der Waals surface area contributed by atoms with Crippen molar-refractivity contribution < 1.29 is 9.72 Å². The Morgan fingerprint density at radius 2 is 1.95 bits per heavy atom. The van der Waals surface area contributed by atoms with Gasteiger partial charge in [0.15, 0.2) is 0 Å². The number of nitrogens with zero attached hydrogens (tertiary/aromatic N) is 2. The van der Waals surface area contributed by atoms with Crippen molar-refractivity contribution in [3.63, 3.8) is 0 Å². The van der Waals surface area contributed by atoms with Crippen molar-refractivity contribution in [2.75, 3.05) is 12.4 Å². The normalized spacial score (nSPS) is 10.1. The van der Waals surface area contributed by atoms with Crippen molar-refractivity contribution in [2.45, 2.75) is 6.54 Å². The van der Waals surface area contributed by atoms with E-state index in [0.717, 1.165) is 10.0 Å². The van der Waals surface area contributed by atoms with Crippen LogP contribution in [0.3, 0.4) is 0 Å². The minimum atomic E-state index is -0.499. The standard InChI is InChI=1S/C15H14BrN3O3/c1-18(10-11-5-7-12(16)8-6-11)15(20)17-13-3-2-4-14(9-13)19(21)22/h2-9H,10H2,1H3,(H,17,20). The lowest BCUT2D eigenvalue weighted by Crippen LogP contribution is -2.30. The number of hydrogen-bond donors (Lipinski definition) is 1. The summed E-state index contributed by atoms with van der Waals surface area (Å²) in [5.74, 6) is 0. The molecule has 0 spiro atoms. The minimum absolute atomic E-state index is 0.0617. The summed E-state index contributed by atoms with van der Waals surface area (Å²) < 4.78 is 0.972. The molecule has 1 N–H and O–H groups in total. The molecule has 0 saturated heterocycles. The molecule has 114 valence electrons. The molecule has 0 unspecified atom stereocenters. The van der Waals surface area contributed by atoms with Gasteiger partial charge in [-0.3, -0.25) is 10.1 Å².